The average molecular weight is 333 g/mol. The van der Waals surface area contributed by atoms with Crippen molar-refractivity contribution in [1.82, 2.24) is 0 Å². The van der Waals surface area contributed by atoms with Crippen LogP contribution in [0.1, 0.15) is 60.8 Å². The molecule has 0 fully saturated rings. The van der Waals surface area contributed by atoms with Crippen LogP contribution >= 0.6 is 11.8 Å². The van der Waals surface area contributed by atoms with E-state index >= 15 is 0 Å². The summed E-state index contributed by atoms with van der Waals surface area (Å²) < 4.78 is 0. The smallest absolute Gasteiger partial charge is 0.0145 e. The first-order chi connectivity index (χ1) is 11.7. The molecule has 24 heavy (non-hydrogen) atoms. The molecule has 0 radical (unpaired) electrons. The topological polar surface area (TPSA) is 0 Å². The van der Waals surface area contributed by atoms with Crippen molar-refractivity contribution in [3.05, 3.63) is 75.9 Å². The Morgan fingerprint density at radius 2 is 1.46 bits per heavy atom. The number of thioether (sulfide) groups is 1. The maximum Gasteiger partial charge on any atom is 0.0145 e. The van der Waals surface area contributed by atoms with Gasteiger partial charge in [-0.25, -0.2) is 0 Å². The number of benzene rings is 2. The Bertz CT molecular complexity index is 841. The van der Waals surface area contributed by atoms with Gasteiger partial charge in [0.05, 0.1) is 0 Å². The van der Waals surface area contributed by atoms with Crippen molar-refractivity contribution in [3.63, 3.8) is 0 Å². The van der Waals surface area contributed by atoms with Gasteiger partial charge in [-0.1, -0.05) is 59.7 Å². The van der Waals surface area contributed by atoms with Crippen LogP contribution in [0.2, 0.25) is 0 Å². The Morgan fingerprint density at radius 3 is 2.25 bits per heavy atom. The van der Waals surface area contributed by atoms with Crippen LogP contribution in [-0.4, -0.2) is 6.26 Å². The second kappa shape index (κ2) is 6.29. The lowest BCUT2D eigenvalue weighted by Crippen LogP contribution is -2.03. The maximum absolute atomic E-state index is 2.41. The Labute approximate surface area is 149 Å². The van der Waals surface area contributed by atoms with Crippen LogP contribution in [0.5, 0.6) is 0 Å². The predicted octanol–water partition coefficient (Wildman–Crippen LogP) is 6.89. The zero-order valence-electron chi connectivity index (χ0n) is 14.7. The summed E-state index contributed by atoms with van der Waals surface area (Å²) in [6.07, 6.45) is 9.43. The molecule has 0 nitrogen and oxygen atoms in total. The molecular formula is C23H24S. The first-order valence-corrected chi connectivity index (χ1v) is 10.0. The molecule has 2 aliphatic carbocycles. The molecule has 0 aromatic heterocycles. The minimum atomic E-state index is 0.590. The number of rotatable bonds is 4. The molecule has 0 heterocycles. The fraction of sp³-hybridized carbons (Fsp3) is 0.304. The van der Waals surface area contributed by atoms with Crippen LogP contribution in [-0.2, 0) is 0 Å². The van der Waals surface area contributed by atoms with E-state index in [1.165, 1.54) is 51.1 Å². The van der Waals surface area contributed by atoms with Gasteiger partial charge < -0.3 is 0 Å². The number of fused-ring (bicyclic) bond motifs is 2. The molecule has 2 aliphatic rings. The van der Waals surface area contributed by atoms with Gasteiger partial charge in [-0.2, -0.15) is 0 Å². The molecule has 4 rings (SSSR count). The minimum absolute atomic E-state index is 0.590. The molecule has 1 heteroatoms. The van der Waals surface area contributed by atoms with Crippen molar-refractivity contribution in [2.75, 3.05) is 6.26 Å². The minimum Gasteiger partial charge on any atom is -0.129 e. The summed E-state index contributed by atoms with van der Waals surface area (Å²) in [5.74, 6) is 1.19. The molecular weight excluding hydrogens is 308 g/mol. The normalized spacial score (nSPS) is 21.3. The molecule has 0 amide bonds. The van der Waals surface area contributed by atoms with Gasteiger partial charge in [-0.15, -0.1) is 11.8 Å². The lowest BCUT2D eigenvalue weighted by Gasteiger charge is -2.20. The third kappa shape index (κ3) is 2.56. The highest BCUT2D eigenvalue weighted by molar-refractivity contribution is 7.98. The van der Waals surface area contributed by atoms with Crippen molar-refractivity contribution >= 4 is 23.9 Å². The van der Waals surface area contributed by atoms with Gasteiger partial charge in [0.1, 0.15) is 0 Å². The van der Waals surface area contributed by atoms with Crippen LogP contribution in [0.25, 0.3) is 12.2 Å². The zero-order valence-corrected chi connectivity index (χ0v) is 15.5. The molecule has 0 spiro atoms. The van der Waals surface area contributed by atoms with E-state index in [1.54, 1.807) is 0 Å². The van der Waals surface area contributed by atoms with Crippen molar-refractivity contribution in [2.45, 2.75) is 43.4 Å². The Balaban J connectivity index is 1.57. The van der Waals surface area contributed by atoms with Gasteiger partial charge in [0.15, 0.2) is 0 Å². The van der Waals surface area contributed by atoms with Gasteiger partial charge in [-0.3, -0.25) is 0 Å². The van der Waals surface area contributed by atoms with Crippen LogP contribution in [0.4, 0.5) is 0 Å². The van der Waals surface area contributed by atoms with Crippen molar-refractivity contribution in [3.8, 4) is 0 Å². The van der Waals surface area contributed by atoms with Crippen LogP contribution in [0.15, 0.2) is 58.5 Å². The summed E-state index contributed by atoms with van der Waals surface area (Å²) in [7, 11) is 0. The molecule has 2 atom stereocenters. The van der Waals surface area contributed by atoms with E-state index in [4.69, 9.17) is 0 Å². The van der Waals surface area contributed by atoms with Crippen LogP contribution in [0.3, 0.4) is 0 Å². The van der Waals surface area contributed by atoms with Gasteiger partial charge in [0, 0.05) is 16.7 Å². The highest BCUT2D eigenvalue weighted by Crippen LogP contribution is 2.46. The zero-order chi connectivity index (χ0) is 16.7. The molecule has 0 aliphatic heterocycles. The molecule has 0 saturated heterocycles. The van der Waals surface area contributed by atoms with Crippen molar-refractivity contribution in [1.29, 1.82) is 0 Å². The Morgan fingerprint density at radius 1 is 0.792 bits per heavy atom. The summed E-state index contributed by atoms with van der Waals surface area (Å²) in [6, 6.07) is 15.7. The summed E-state index contributed by atoms with van der Waals surface area (Å²) in [4.78, 5) is 1.41. The van der Waals surface area contributed by atoms with Gasteiger partial charge in [0.25, 0.3) is 0 Å². The second-order valence-electron chi connectivity index (χ2n) is 7.05. The summed E-state index contributed by atoms with van der Waals surface area (Å²) >= 11 is 1.86. The third-order valence-electron chi connectivity index (χ3n) is 5.67. The first kappa shape index (κ1) is 15.8. The van der Waals surface area contributed by atoms with Crippen molar-refractivity contribution < 1.29 is 0 Å². The van der Waals surface area contributed by atoms with E-state index in [0.717, 1.165) is 0 Å². The third-order valence-corrected chi connectivity index (χ3v) is 6.46. The van der Waals surface area contributed by atoms with Crippen LogP contribution in [0, 0.1) is 0 Å². The maximum atomic E-state index is 2.41. The highest BCUT2D eigenvalue weighted by atomic mass is 32.2. The largest absolute Gasteiger partial charge is 0.129 e. The Kier molecular flexibility index (Phi) is 4.14. The fourth-order valence-electron chi connectivity index (χ4n) is 4.42. The van der Waals surface area contributed by atoms with E-state index in [-0.39, 0.29) is 0 Å². The van der Waals surface area contributed by atoms with Crippen molar-refractivity contribution in [2.24, 2.45) is 0 Å². The lowest BCUT2D eigenvalue weighted by molar-refractivity contribution is 0.611. The van der Waals surface area contributed by atoms with E-state index in [2.05, 4.69) is 74.7 Å². The monoisotopic (exact) mass is 332 g/mol. The highest BCUT2D eigenvalue weighted by Gasteiger charge is 2.27. The molecule has 0 N–H and O–H groups in total. The number of hydrogen-bond donors (Lipinski definition) is 0. The molecule has 0 bridgehead atoms. The molecule has 2 aromatic carbocycles. The molecule has 2 aromatic rings. The summed E-state index contributed by atoms with van der Waals surface area (Å²) in [5.41, 5.74) is 8.99. The molecule has 2 unspecified atom stereocenters. The lowest BCUT2D eigenvalue weighted by atomic mass is 9.85. The number of hydrogen-bond acceptors (Lipinski definition) is 1. The summed E-state index contributed by atoms with van der Waals surface area (Å²) in [6.45, 7) is 4.60. The SMILES string of the molecule is CSc1cccc2c1C=C(C)C2CCC1C(C)=Cc2ccccc21. The van der Waals surface area contributed by atoms with Gasteiger partial charge in [-0.05, 0) is 61.3 Å². The number of allylic oxidation sites excluding steroid dienone is 2. The van der Waals surface area contributed by atoms with Gasteiger partial charge >= 0.3 is 0 Å². The standard InChI is InChI=1S/C23H24S/c1-15-13-17-7-4-5-8-20(17)18(15)11-12-19-16(2)14-22-21(19)9-6-10-23(22)24-3/h4-10,13-14,18-19H,11-12H2,1-3H3. The molecule has 122 valence electrons. The van der Waals surface area contributed by atoms with E-state index in [0.29, 0.717) is 11.8 Å². The van der Waals surface area contributed by atoms with E-state index < -0.39 is 0 Å². The van der Waals surface area contributed by atoms with Gasteiger partial charge in [0.2, 0.25) is 0 Å². The summed E-state index contributed by atoms with van der Waals surface area (Å²) in [5, 5.41) is 0. The van der Waals surface area contributed by atoms with E-state index in [1.807, 2.05) is 11.8 Å². The predicted molar refractivity (Wildman–Crippen MR) is 107 cm³/mol. The fourth-order valence-corrected chi connectivity index (χ4v) is 5.03. The Hall–Kier alpha value is -1.73. The van der Waals surface area contributed by atoms with E-state index in [9.17, 15) is 0 Å². The molecule has 0 saturated carbocycles. The average Bonchev–Trinajstić information content (AvgIpc) is 3.08. The van der Waals surface area contributed by atoms with Crippen LogP contribution < -0.4 is 0 Å². The first-order valence-electron chi connectivity index (χ1n) is 8.81. The quantitative estimate of drug-likeness (QED) is 0.549. The second-order valence-corrected chi connectivity index (χ2v) is 7.90.